The Morgan fingerprint density at radius 2 is 1.81 bits per heavy atom. The highest BCUT2D eigenvalue weighted by Crippen LogP contribution is 2.47. The minimum atomic E-state index is -0.898. The molecular weight excluding hydrogens is 554 g/mol. The molecule has 7 rings (SSSR count). The average molecular weight is 596 g/mol. The Kier molecular flexibility index (Phi) is 7.28. The third-order valence-corrected chi connectivity index (χ3v) is 10.9. The number of allylic oxidation sites excluding steroid dienone is 2. The van der Waals surface area contributed by atoms with Gasteiger partial charge in [-0.3, -0.25) is 9.59 Å². The number of fused-ring (bicyclic) bond motifs is 5. The zero-order chi connectivity index (χ0) is 29.7. The van der Waals surface area contributed by atoms with E-state index in [0.29, 0.717) is 30.9 Å². The van der Waals surface area contributed by atoms with Gasteiger partial charge in [0.2, 0.25) is 5.91 Å². The van der Waals surface area contributed by atoms with Crippen LogP contribution in [-0.4, -0.2) is 39.4 Å². The van der Waals surface area contributed by atoms with Crippen LogP contribution < -0.4 is 16.0 Å². The third kappa shape index (κ3) is 5.03. The molecule has 0 bridgehead atoms. The lowest BCUT2D eigenvalue weighted by Gasteiger charge is -2.32. The number of nitrogens with zero attached hydrogens (tertiary/aromatic N) is 2. The number of anilines is 1. The summed E-state index contributed by atoms with van der Waals surface area (Å²) in [5.41, 5.74) is 6.42. The topological polar surface area (TPSA) is 78.4 Å². The van der Waals surface area contributed by atoms with Crippen molar-refractivity contribution >= 4 is 40.2 Å². The second-order valence-electron chi connectivity index (χ2n) is 12.8. The summed E-state index contributed by atoms with van der Waals surface area (Å²) < 4.78 is 2.36. The van der Waals surface area contributed by atoms with Gasteiger partial charge < -0.3 is 25.4 Å². The highest BCUT2D eigenvalue weighted by molar-refractivity contribution is 8.03. The SMILES string of the molecule is C=C1Cn2c(c(C3CCCCC3)c3ccc(C(=O)NC4(C(=O)NC5SC(C)=CN5C)CCCC4)cc32)-c2ccccc2N1. The first kappa shape index (κ1) is 28.1. The number of amides is 2. The molecule has 43 heavy (non-hydrogen) atoms. The largest absolute Gasteiger partial charge is 0.357 e. The van der Waals surface area contributed by atoms with Crippen LogP contribution in [-0.2, 0) is 11.3 Å². The number of rotatable bonds is 5. The lowest BCUT2D eigenvalue weighted by molar-refractivity contribution is -0.128. The number of para-hydroxylation sites is 1. The number of thioether (sulfide) groups is 1. The summed E-state index contributed by atoms with van der Waals surface area (Å²) in [5.74, 6) is 0.199. The average Bonchev–Trinajstić information content (AvgIpc) is 3.66. The van der Waals surface area contributed by atoms with Crippen molar-refractivity contribution in [3.8, 4) is 11.3 Å². The number of aromatic nitrogens is 1. The Bertz CT molecular complexity index is 1640. The molecule has 4 aliphatic rings. The molecule has 2 saturated carbocycles. The molecule has 1 atom stereocenters. The molecule has 224 valence electrons. The minimum Gasteiger partial charge on any atom is -0.357 e. The first-order chi connectivity index (χ1) is 20.8. The van der Waals surface area contributed by atoms with Gasteiger partial charge in [0.15, 0.2) is 5.50 Å². The third-order valence-electron chi connectivity index (χ3n) is 9.77. The summed E-state index contributed by atoms with van der Waals surface area (Å²) in [6.45, 7) is 7.02. The van der Waals surface area contributed by atoms with Gasteiger partial charge in [-0.1, -0.05) is 74.7 Å². The van der Waals surface area contributed by atoms with Gasteiger partial charge in [-0.25, -0.2) is 0 Å². The molecule has 3 N–H and O–H groups in total. The van der Waals surface area contributed by atoms with Crippen LogP contribution >= 0.6 is 11.8 Å². The molecule has 2 amide bonds. The number of hydrogen-bond acceptors (Lipinski definition) is 5. The highest BCUT2D eigenvalue weighted by atomic mass is 32.2. The monoisotopic (exact) mass is 595 g/mol. The smallest absolute Gasteiger partial charge is 0.252 e. The van der Waals surface area contributed by atoms with Crippen LogP contribution in [0.25, 0.3) is 22.2 Å². The van der Waals surface area contributed by atoms with E-state index in [0.717, 1.165) is 34.6 Å². The molecule has 2 aliphatic carbocycles. The van der Waals surface area contributed by atoms with Crippen molar-refractivity contribution in [3.63, 3.8) is 0 Å². The number of carbonyl (C=O) groups excluding carboxylic acids is 2. The van der Waals surface area contributed by atoms with Crippen LogP contribution in [0.4, 0.5) is 5.69 Å². The maximum atomic E-state index is 14.0. The molecule has 7 nitrogen and oxygen atoms in total. The summed E-state index contributed by atoms with van der Waals surface area (Å²) in [6.07, 6.45) is 11.3. The van der Waals surface area contributed by atoms with Crippen LogP contribution in [0.15, 0.2) is 65.8 Å². The molecule has 1 unspecified atom stereocenters. The number of hydrogen-bond donors (Lipinski definition) is 3. The maximum absolute atomic E-state index is 14.0. The number of benzene rings is 2. The zero-order valence-electron chi connectivity index (χ0n) is 25.2. The van der Waals surface area contributed by atoms with Crippen LogP contribution in [0, 0.1) is 0 Å². The predicted octanol–water partition coefficient (Wildman–Crippen LogP) is 7.28. The Labute approximate surface area is 258 Å². The maximum Gasteiger partial charge on any atom is 0.252 e. The van der Waals surface area contributed by atoms with Gasteiger partial charge in [0.1, 0.15) is 5.54 Å². The van der Waals surface area contributed by atoms with Crippen LogP contribution in [0.3, 0.4) is 0 Å². The lowest BCUT2D eigenvalue weighted by atomic mass is 9.81. The van der Waals surface area contributed by atoms with Crippen LogP contribution in [0.1, 0.15) is 86.6 Å². The standard InChI is InChI=1S/C35H41N5O2S/c1-22-20-40-29-19-25(32(41)38-35(17-9-10-18-35)33(42)37-34-39(3)21-23(2)43-34)15-16-27(29)30(24-11-5-4-6-12-24)31(40)26-13-7-8-14-28(26)36-22/h7-8,13-16,19,21,24,34,36H,1,4-6,9-12,17-18,20H2,2-3H3,(H,37,42)(H,38,41). The summed E-state index contributed by atoms with van der Waals surface area (Å²) in [4.78, 5) is 30.8. The van der Waals surface area contributed by atoms with E-state index in [4.69, 9.17) is 0 Å². The fourth-order valence-electron chi connectivity index (χ4n) is 7.70. The fraction of sp³-hybridized carbons (Fsp3) is 0.429. The predicted molar refractivity (Wildman–Crippen MR) is 176 cm³/mol. The molecule has 3 aromatic rings. The summed E-state index contributed by atoms with van der Waals surface area (Å²) in [7, 11) is 1.97. The summed E-state index contributed by atoms with van der Waals surface area (Å²) in [6, 6.07) is 14.6. The van der Waals surface area contributed by atoms with Crippen molar-refractivity contribution in [1.82, 2.24) is 20.1 Å². The van der Waals surface area contributed by atoms with Gasteiger partial charge in [-0.05, 0) is 62.3 Å². The van der Waals surface area contributed by atoms with Gasteiger partial charge in [0.25, 0.3) is 5.91 Å². The molecular formula is C35H41N5O2S. The van der Waals surface area contributed by atoms with Crippen molar-refractivity contribution in [2.45, 2.75) is 88.2 Å². The van der Waals surface area contributed by atoms with Gasteiger partial charge in [0.05, 0.1) is 12.2 Å². The van der Waals surface area contributed by atoms with E-state index in [9.17, 15) is 9.59 Å². The van der Waals surface area contributed by atoms with E-state index in [2.05, 4.69) is 57.4 Å². The van der Waals surface area contributed by atoms with Crippen molar-refractivity contribution in [1.29, 1.82) is 0 Å². The molecule has 8 heteroatoms. The van der Waals surface area contributed by atoms with E-state index < -0.39 is 5.54 Å². The number of carbonyl (C=O) groups is 2. The first-order valence-electron chi connectivity index (χ1n) is 15.7. The van der Waals surface area contributed by atoms with Crippen molar-refractivity contribution < 1.29 is 9.59 Å². The molecule has 0 spiro atoms. The Balaban J connectivity index is 1.26. The Hall–Kier alpha value is -3.65. The molecule has 2 aromatic carbocycles. The van der Waals surface area contributed by atoms with Crippen molar-refractivity contribution in [3.05, 3.63) is 77.0 Å². The second-order valence-corrected chi connectivity index (χ2v) is 14.1. The molecule has 0 saturated heterocycles. The van der Waals surface area contributed by atoms with E-state index in [1.165, 1.54) is 54.3 Å². The first-order valence-corrected chi connectivity index (χ1v) is 16.6. The molecule has 2 aliphatic heterocycles. The summed E-state index contributed by atoms with van der Waals surface area (Å²) in [5, 5.41) is 11.2. The highest BCUT2D eigenvalue weighted by Gasteiger charge is 2.44. The molecule has 3 heterocycles. The molecule has 1 aromatic heterocycles. The number of nitrogens with one attached hydrogen (secondary N) is 3. The van der Waals surface area contributed by atoms with Gasteiger partial charge in [-0.2, -0.15) is 0 Å². The van der Waals surface area contributed by atoms with E-state index in [-0.39, 0.29) is 17.3 Å². The Morgan fingerprint density at radius 1 is 1.05 bits per heavy atom. The molecule has 2 fully saturated rings. The van der Waals surface area contributed by atoms with E-state index in [1.807, 2.05) is 37.2 Å². The van der Waals surface area contributed by atoms with Gasteiger partial charge >= 0.3 is 0 Å². The van der Waals surface area contributed by atoms with Gasteiger partial charge in [0, 0.05) is 51.6 Å². The van der Waals surface area contributed by atoms with E-state index >= 15 is 0 Å². The fourth-order valence-corrected chi connectivity index (χ4v) is 8.67. The summed E-state index contributed by atoms with van der Waals surface area (Å²) >= 11 is 1.63. The quantitative estimate of drug-likeness (QED) is 0.289. The minimum absolute atomic E-state index is 0.0954. The van der Waals surface area contributed by atoms with Crippen molar-refractivity contribution in [2.75, 3.05) is 12.4 Å². The molecule has 0 radical (unpaired) electrons. The lowest BCUT2D eigenvalue weighted by Crippen LogP contribution is -2.59. The van der Waals surface area contributed by atoms with Gasteiger partial charge in [-0.15, -0.1) is 0 Å². The van der Waals surface area contributed by atoms with Crippen LogP contribution in [0.2, 0.25) is 0 Å². The van der Waals surface area contributed by atoms with E-state index in [1.54, 1.807) is 11.8 Å². The van der Waals surface area contributed by atoms with Crippen LogP contribution in [0.5, 0.6) is 0 Å². The normalized spacial score (nSPS) is 21.5. The van der Waals surface area contributed by atoms with Crippen molar-refractivity contribution in [2.24, 2.45) is 0 Å². The zero-order valence-corrected chi connectivity index (χ0v) is 26.0. The second kappa shape index (κ2) is 11.1. The Morgan fingerprint density at radius 3 is 2.56 bits per heavy atom.